The second-order valence-corrected chi connectivity index (χ2v) is 9.35. The highest BCUT2D eigenvalue weighted by Crippen LogP contribution is 2.40. The van der Waals surface area contributed by atoms with Crippen molar-refractivity contribution < 1.29 is 19.0 Å². The second-order valence-electron chi connectivity index (χ2n) is 8.29. The monoisotopic (exact) mass is 494 g/mol. The van der Waals surface area contributed by atoms with Crippen LogP contribution in [0.1, 0.15) is 18.4 Å². The van der Waals surface area contributed by atoms with E-state index in [1.165, 1.54) is 5.56 Å². The molecule has 4 rings (SSSR count). The third kappa shape index (κ3) is 5.79. The number of carbonyl (C=O) groups is 1. The Morgan fingerprint density at radius 3 is 2.49 bits per heavy atom. The maximum atomic E-state index is 13.2. The first-order chi connectivity index (χ1) is 17.0. The maximum Gasteiger partial charge on any atom is 0.229 e. The summed E-state index contributed by atoms with van der Waals surface area (Å²) in [5.41, 5.74) is 1.79. The number of rotatable bonds is 8. The summed E-state index contributed by atoms with van der Waals surface area (Å²) in [5, 5.41) is 3.86. The Morgan fingerprint density at radius 2 is 1.80 bits per heavy atom. The molecule has 1 fully saturated rings. The summed E-state index contributed by atoms with van der Waals surface area (Å²) in [6.07, 6.45) is 5.10. The molecule has 0 saturated carbocycles. The van der Waals surface area contributed by atoms with E-state index in [2.05, 4.69) is 45.3 Å². The average molecular weight is 495 g/mol. The highest BCUT2D eigenvalue weighted by molar-refractivity contribution is 7.99. The van der Waals surface area contributed by atoms with Crippen molar-refractivity contribution in [3.05, 3.63) is 54.4 Å². The molecule has 0 bridgehead atoms. The van der Waals surface area contributed by atoms with Crippen molar-refractivity contribution in [2.75, 3.05) is 44.6 Å². The Morgan fingerprint density at radius 1 is 1.06 bits per heavy atom. The Balaban J connectivity index is 1.50. The van der Waals surface area contributed by atoms with E-state index in [1.54, 1.807) is 57.6 Å². The molecule has 35 heavy (non-hydrogen) atoms. The summed E-state index contributed by atoms with van der Waals surface area (Å²) >= 11 is 1.59. The zero-order valence-electron chi connectivity index (χ0n) is 20.4. The van der Waals surface area contributed by atoms with Gasteiger partial charge in [-0.1, -0.05) is 29.5 Å². The highest BCUT2D eigenvalue weighted by atomic mass is 32.2. The normalized spacial score (nSPS) is 15.4. The van der Waals surface area contributed by atoms with Crippen LogP contribution in [0, 0.1) is 12.8 Å². The van der Waals surface area contributed by atoms with E-state index in [0.717, 1.165) is 35.1 Å². The van der Waals surface area contributed by atoms with Gasteiger partial charge in [0.25, 0.3) is 0 Å². The molecule has 0 radical (unpaired) electrons. The summed E-state index contributed by atoms with van der Waals surface area (Å²) in [6, 6.07) is 11.8. The molecule has 1 aromatic heterocycles. The quantitative estimate of drug-likeness (QED) is 0.477. The molecule has 0 spiro atoms. The lowest BCUT2D eigenvalue weighted by molar-refractivity contribution is -0.120. The lowest BCUT2D eigenvalue weighted by Crippen LogP contribution is -2.41. The minimum atomic E-state index is -0.193. The van der Waals surface area contributed by atoms with Gasteiger partial charge >= 0.3 is 0 Å². The van der Waals surface area contributed by atoms with E-state index in [-0.39, 0.29) is 11.8 Å². The van der Waals surface area contributed by atoms with Crippen LogP contribution in [0.5, 0.6) is 17.2 Å². The Bertz CT molecular complexity index is 1160. The first-order valence-corrected chi connectivity index (χ1v) is 12.3. The number of amides is 1. The summed E-state index contributed by atoms with van der Waals surface area (Å²) in [6.45, 7) is 3.47. The Hall–Kier alpha value is -3.46. The fraction of sp³-hybridized carbons (Fsp3) is 0.346. The van der Waals surface area contributed by atoms with Crippen molar-refractivity contribution in [3.63, 3.8) is 0 Å². The van der Waals surface area contributed by atoms with Crippen molar-refractivity contribution in [3.8, 4) is 17.2 Å². The van der Waals surface area contributed by atoms with E-state index >= 15 is 0 Å². The van der Waals surface area contributed by atoms with E-state index in [9.17, 15) is 4.79 Å². The highest BCUT2D eigenvalue weighted by Gasteiger charge is 2.29. The molecule has 1 saturated heterocycles. The number of anilines is 2. The zero-order valence-corrected chi connectivity index (χ0v) is 21.2. The van der Waals surface area contributed by atoms with Crippen LogP contribution in [-0.4, -0.2) is 50.3 Å². The van der Waals surface area contributed by atoms with Crippen LogP contribution in [0.25, 0.3) is 0 Å². The fourth-order valence-corrected chi connectivity index (χ4v) is 5.18. The maximum absolute atomic E-state index is 13.2. The number of aryl methyl sites for hydroxylation is 1. The summed E-state index contributed by atoms with van der Waals surface area (Å²) in [4.78, 5) is 25.7. The molecule has 1 aliphatic heterocycles. The van der Waals surface area contributed by atoms with Crippen LogP contribution in [0.15, 0.2) is 58.7 Å². The van der Waals surface area contributed by atoms with Crippen LogP contribution < -0.4 is 24.4 Å². The Kier molecular flexibility index (Phi) is 7.97. The smallest absolute Gasteiger partial charge is 0.229 e. The molecule has 184 valence electrons. The minimum Gasteiger partial charge on any atom is -0.493 e. The molecule has 2 heterocycles. The third-order valence-corrected chi connectivity index (χ3v) is 6.85. The number of nitrogens with zero attached hydrogens (tertiary/aromatic N) is 3. The number of hydrogen-bond acceptors (Lipinski definition) is 8. The number of benzene rings is 2. The van der Waals surface area contributed by atoms with Gasteiger partial charge in [0.2, 0.25) is 11.7 Å². The number of ether oxygens (including phenoxy) is 3. The van der Waals surface area contributed by atoms with E-state index in [1.807, 2.05) is 6.07 Å². The van der Waals surface area contributed by atoms with Crippen molar-refractivity contribution >= 4 is 29.2 Å². The number of carbonyl (C=O) groups excluding carboxylic acids is 1. The van der Waals surface area contributed by atoms with Crippen molar-refractivity contribution in [1.82, 2.24) is 9.97 Å². The van der Waals surface area contributed by atoms with E-state index < -0.39 is 0 Å². The van der Waals surface area contributed by atoms with Crippen LogP contribution >= 0.6 is 11.8 Å². The molecule has 2 aromatic carbocycles. The van der Waals surface area contributed by atoms with Gasteiger partial charge in [-0.3, -0.25) is 4.79 Å². The fourth-order valence-electron chi connectivity index (χ4n) is 4.18. The summed E-state index contributed by atoms with van der Waals surface area (Å²) in [7, 11) is 4.65. The first-order valence-electron chi connectivity index (χ1n) is 11.4. The second kappa shape index (κ2) is 11.3. The van der Waals surface area contributed by atoms with Gasteiger partial charge in [0.15, 0.2) is 17.3 Å². The third-order valence-electron chi connectivity index (χ3n) is 5.87. The van der Waals surface area contributed by atoms with Gasteiger partial charge in [0.1, 0.15) is 5.03 Å². The topological polar surface area (TPSA) is 85.8 Å². The van der Waals surface area contributed by atoms with Gasteiger partial charge in [0.05, 0.1) is 27.2 Å². The van der Waals surface area contributed by atoms with Crippen molar-refractivity contribution in [1.29, 1.82) is 0 Å². The molecule has 3 aromatic rings. The Labute approximate surface area is 210 Å². The largest absolute Gasteiger partial charge is 0.493 e. The van der Waals surface area contributed by atoms with Crippen LogP contribution in [0.2, 0.25) is 0 Å². The molecule has 8 nitrogen and oxygen atoms in total. The summed E-state index contributed by atoms with van der Waals surface area (Å²) in [5.74, 6) is 2.03. The molecule has 1 amide bonds. The van der Waals surface area contributed by atoms with Crippen LogP contribution in [0.3, 0.4) is 0 Å². The van der Waals surface area contributed by atoms with Gasteiger partial charge in [-0.2, -0.15) is 0 Å². The van der Waals surface area contributed by atoms with Crippen molar-refractivity contribution in [2.24, 2.45) is 5.92 Å². The number of methoxy groups -OCH3 is 3. The van der Waals surface area contributed by atoms with Gasteiger partial charge < -0.3 is 24.4 Å². The molecular weight excluding hydrogens is 464 g/mol. The zero-order chi connectivity index (χ0) is 24.8. The number of nitrogens with one attached hydrogen (secondary N) is 1. The van der Waals surface area contributed by atoms with Crippen LogP contribution in [0.4, 0.5) is 11.5 Å². The van der Waals surface area contributed by atoms with Crippen molar-refractivity contribution in [2.45, 2.75) is 29.7 Å². The van der Waals surface area contributed by atoms with Gasteiger partial charge in [-0.15, -0.1) is 0 Å². The van der Waals surface area contributed by atoms with E-state index in [4.69, 9.17) is 14.2 Å². The molecule has 9 heteroatoms. The average Bonchev–Trinajstić information content (AvgIpc) is 2.88. The SMILES string of the molecule is COc1cc(NC(=O)[C@@H]2CCCN(c3nccnc3Sc3cccc(C)c3)C2)cc(OC)c1OC. The molecule has 0 unspecified atom stereocenters. The van der Waals surface area contributed by atoms with Gasteiger partial charge in [0, 0.05) is 48.2 Å². The molecule has 1 aliphatic rings. The lowest BCUT2D eigenvalue weighted by Gasteiger charge is -2.33. The van der Waals surface area contributed by atoms with Gasteiger partial charge in [-0.25, -0.2) is 9.97 Å². The summed E-state index contributed by atoms with van der Waals surface area (Å²) < 4.78 is 16.2. The van der Waals surface area contributed by atoms with Gasteiger partial charge in [-0.05, 0) is 31.9 Å². The number of piperidine rings is 1. The molecule has 0 aliphatic carbocycles. The number of hydrogen-bond donors (Lipinski definition) is 1. The molecule has 1 N–H and O–H groups in total. The number of aromatic nitrogens is 2. The standard InChI is InChI=1S/C26H30N4O4S/c1-17-7-5-9-20(13-17)35-26-24(27-10-11-28-26)30-12-6-8-18(16-30)25(31)29-19-14-21(32-2)23(34-4)22(15-19)33-3/h5,7,9-11,13-15,18H,6,8,12,16H2,1-4H3,(H,29,31)/t18-/m1/s1. The predicted molar refractivity (Wildman–Crippen MR) is 137 cm³/mol. The minimum absolute atomic E-state index is 0.0549. The molecule has 1 atom stereocenters. The predicted octanol–water partition coefficient (Wildman–Crippen LogP) is 4.82. The van der Waals surface area contributed by atoms with Crippen LogP contribution in [-0.2, 0) is 4.79 Å². The first kappa shape index (κ1) is 24.7. The molecular formula is C26H30N4O4S. The van der Waals surface area contributed by atoms with E-state index in [0.29, 0.717) is 29.5 Å². The lowest BCUT2D eigenvalue weighted by atomic mass is 9.97.